The summed E-state index contributed by atoms with van der Waals surface area (Å²) < 4.78 is 11.9. The minimum Gasteiger partial charge on any atom is -0.212 e. The van der Waals surface area contributed by atoms with Crippen molar-refractivity contribution >= 4 is 0 Å². The molecule has 9 heavy (non-hydrogen) atoms. The number of rotatable bonds is 2. The van der Waals surface area contributed by atoms with Crippen molar-refractivity contribution in [2.75, 3.05) is 0 Å². The van der Waals surface area contributed by atoms with E-state index in [1.807, 2.05) is 6.92 Å². The van der Waals surface area contributed by atoms with Gasteiger partial charge in [-0.25, -0.2) is 4.39 Å². The number of allylic oxidation sites excluding steroid dienone is 5. The SMILES string of the molecule is C=C(C)/C=C\C=C(/C)F. The number of halogens is 1. The summed E-state index contributed by atoms with van der Waals surface area (Å²) in [5, 5.41) is 0. The highest BCUT2D eigenvalue weighted by Gasteiger charge is 1.74. The Morgan fingerprint density at radius 2 is 2.00 bits per heavy atom. The second-order valence-corrected chi connectivity index (χ2v) is 1.96. The van der Waals surface area contributed by atoms with Crippen LogP contribution in [0.25, 0.3) is 0 Å². The summed E-state index contributed by atoms with van der Waals surface area (Å²) in [7, 11) is 0. The van der Waals surface area contributed by atoms with Gasteiger partial charge in [-0.05, 0) is 19.9 Å². The highest BCUT2D eigenvalue weighted by Crippen LogP contribution is 1.95. The van der Waals surface area contributed by atoms with Crippen molar-refractivity contribution in [2.45, 2.75) is 13.8 Å². The van der Waals surface area contributed by atoms with E-state index >= 15 is 0 Å². The van der Waals surface area contributed by atoms with Crippen molar-refractivity contribution in [1.29, 1.82) is 0 Å². The van der Waals surface area contributed by atoms with Gasteiger partial charge in [-0.3, -0.25) is 0 Å². The molecule has 0 N–H and O–H groups in total. The largest absolute Gasteiger partial charge is 0.212 e. The fraction of sp³-hybridized carbons (Fsp3) is 0.250. The summed E-state index contributed by atoms with van der Waals surface area (Å²) in [5.41, 5.74) is 0.924. The Labute approximate surface area is 55.4 Å². The van der Waals surface area contributed by atoms with Crippen molar-refractivity contribution in [3.8, 4) is 0 Å². The van der Waals surface area contributed by atoms with Crippen LogP contribution in [0.5, 0.6) is 0 Å². The maximum atomic E-state index is 11.9. The van der Waals surface area contributed by atoms with Gasteiger partial charge in [0.1, 0.15) is 0 Å². The maximum absolute atomic E-state index is 11.9. The van der Waals surface area contributed by atoms with Crippen molar-refractivity contribution in [3.63, 3.8) is 0 Å². The molecular weight excluding hydrogens is 115 g/mol. The van der Waals surface area contributed by atoms with E-state index in [4.69, 9.17) is 0 Å². The average Bonchev–Trinajstić information content (AvgIpc) is 1.63. The van der Waals surface area contributed by atoms with Crippen LogP contribution in [0, 0.1) is 0 Å². The van der Waals surface area contributed by atoms with Crippen LogP contribution in [0.1, 0.15) is 13.8 Å². The van der Waals surface area contributed by atoms with Crippen molar-refractivity contribution < 1.29 is 4.39 Å². The summed E-state index contributed by atoms with van der Waals surface area (Å²) in [5.74, 6) is -0.187. The van der Waals surface area contributed by atoms with Crippen LogP contribution in [0.4, 0.5) is 4.39 Å². The molecule has 1 heteroatoms. The van der Waals surface area contributed by atoms with E-state index < -0.39 is 0 Å². The van der Waals surface area contributed by atoms with Crippen LogP contribution < -0.4 is 0 Å². The zero-order valence-corrected chi connectivity index (χ0v) is 5.82. The van der Waals surface area contributed by atoms with E-state index in [0.717, 1.165) is 5.57 Å². The highest BCUT2D eigenvalue weighted by atomic mass is 19.1. The van der Waals surface area contributed by atoms with Crippen molar-refractivity contribution in [2.24, 2.45) is 0 Å². The third kappa shape index (κ3) is 7.15. The van der Waals surface area contributed by atoms with Crippen LogP contribution in [-0.2, 0) is 0 Å². The molecule has 0 unspecified atom stereocenters. The molecule has 0 rings (SSSR count). The van der Waals surface area contributed by atoms with E-state index in [2.05, 4.69) is 6.58 Å². The average molecular weight is 126 g/mol. The van der Waals surface area contributed by atoms with Gasteiger partial charge in [-0.2, -0.15) is 0 Å². The molecule has 0 saturated carbocycles. The topological polar surface area (TPSA) is 0 Å². The van der Waals surface area contributed by atoms with E-state index in [1.165, 1.54) is 13.0 Å². The van der Waals surface area contributed by atoms with E-state index in [1.54, 1.807) is 12.2 Å². The molecule has 0 radical (unpaired) electrons. The van der Waals surface area contributed by atoms with Crippen LogP contribution in [0.3, 0.4) is 0 Å². The fourth-order valence-corrected chi connectivity index (χ4v) is 0.345. The second kappa shape index (κ2) is 4.07. The van der Waals surface area contributed by atoms with Crippen molar-refractivity contribution in [1.82, 2.24) is 0 Å². The van der Waals surface area contributed by atoms with E-state index in [0.29, 0.717) is 0 Å². The number of hydrogen-bond acceptors (Lipinski definition) is 0. The molecule has 0 aliphatic heterocycles. The first-order valence-electron chi connectivity index (χ1n) is 2.79. The molecule has 0 atom stereocenters. The minimum absolute atomic E-state index is 0.187. The van der Waals surface area contributed by atoms with Crippen LogP contribution >= 0.6 is 0 Å². The Kier molecular flexibility index (Phi) is 3.69. The highest BCUT2D eigenvalue weighted by molar-refractivity contribution is 5.17. The molecule has 0 saturated heterocycles. The van der Waals surface area contributed by atoms with Gasteiger partial charge >= 0.3 is 0 Å². The van der Waals surface area contributed by atoms with E-state index in [9.17, 15) is 4.39 Å². The lowest BCUT2D eigenvalue weighted by molar-refractivity contribution is 0.640. The summed E-state index contributed by atoms with van der Waals surface area (Å²) >= 11 is 0. The maximum Gasteiger partial charge on any atom is 0.0968 e. The zero-order valence-electron chi connectivity index (χ0n) is 5.82. The Bertz CT molecular complexity index is 148. The molecule has 0 aromatic heterocycles. The van der Waals surface area contributed by atoms with Gasteiger partial charge in [-0.1, -0.05) is 24.3 Å². The Balaban J connectivity index is 3.74. The quantitative estimate of drug-likeness (QED) is 0.499. The Morgan fingerprint density at radius 1 is 1.44 bits per heavy atom. The molecule has 0 spiro atoms. The summed E-state index contributed by atoms with van der Waals surface area (Å²) in [6.07, 6.45) is 4.79. The van der Waals surface area contributed by atoms with Crippen molar-refractivity contribution in [3.05, 3.63) is 36.2 Å². The zero-order chi connectivity index (χ0) is 7.28. The standard InChI is InChI=1S/C8H11F/c1-7(2)5-4-6-8(3)9/h4-6H,1H2,2-3H3/b5-4-,8-6+. The second-order valence-electron chi connectivity index (χ2n) is 1.96. The van der Waals surface area contributed by atoms with Gasteiger partial charge in [-0.15, -0.1) is 0 Å². The molecule has 0 bridgehead atoms. The van der Waals surface area contributed by atoms with Gasteiger partial charge in [0.25, 0.3) is 0 Å². The fourth-order valence-electron chi connectivity index (χ4n) is 0.345. The Morgan fingerprint density at radius 3 is 2.33 bits per heavy atom. The third-order valence-corrected chi connectivity index (χ3v) is 0.707. The van der Waals surface area contributed by atoms with Crippen LogP contribution in [-0.4, -0.2) is 0 Å². The predicted octanol–water partition coefficient (Wildman–Crippen LogP) is 2.99. The Hall–Kier alpha value is -0.850. The lowest BCUT2D eigenvalue weighted by atomic mass is 10.3. The first-order chi connectivity index (χ1) is 4.13. The summed E-state index contributed by atoms with van der Waals surface area (Å²) in [4.78, 5) is 0. The molecular formula is C8H11F. The molecule has 0 amide bonds. The number of hydrogen-bond donors (Lipinski definition) is 0. The lowest BCUT2D eigenvalue weighted by Gasteiger charge is -1.80. The first-order valence-corrected chi connectivity index (χ1v) is 2.79. The van der Waals surface area contributed by atoms with Gasteiger partial charge < -0.3 is 0 Å². The van der Waals surface area contributed by atoms with Crippen LogP contribution in [0.15, 0.2) is 36.2 Å². The molecule has 0 aromatic rings. The predicted molar refractivity (Wildman–Crippen MR) is 38.8 cm³/mol. The third-order valence-electron chi connectivity index (χ3n) is 0.707. The molecule has 50 valence electrons. The monoisotopic (exact) mass is 126 g/mol. The van der Waals surface area contributed by atoms with Gasteiger partial charge in [0.2, 0.25) is 0 Å². The summed E-state index contributed by atoms with van der Waals surface area (Å²) in [6.45, 7) is 6.88. The van der Waals surface area contributed by atoms with E-state index in [-0.39, 0.29) is 5.83 Å². The lowest BCUT2D eigenvalue weighted by Crippen LogP contribution is -1.60. The first kappa shape index (κ1) is 8.15. The summed E-state index contributed by atoms with van der Waals surface area (Å²) in [6, 6.07) is 0. The van der Waals surface area contributed by atoms with Gasteiger partial charge in [0, 0.05) is 0 Å². The van der Waals surface area contributed by atoms with Crippen LogP contribution in [0.2, 0.25) is 0 Å². The molecule has 0 fully saturated rings. The molecule has 0 aromatic carbocycles. The normalized spacial score (nSPS) is 12.6. The molecule has 0 aliphatic carbocycles. The molecule has 0 aliphatic rings. The van der Waals surface area contributed by atoms with Gasteiger partial charge in [0.05, 0.1) is 5.83 Å². The smallest absolute Gasteiger partial charge is 0.0968 e. The van der Waals surface area contributed by atoms with Gasteiger partial charge in [0.15, 0.2) is 0 Å². The molecule has 0 heterocycles. The molecule has 0 nitrogen and oxygen atoms in total. The minimum atomic E-state index is -0.187.